The predicted molar refractivity (Wildman–Crippen MR) is 541 cm³/mol. The van der Waals surface area contributed by atoms with Crippen LogP contribution in [0, 0.1) is 17.5 Å². The van der Waals surface area contributed by atoms with Crippen LogP contribution in [0.5, 0.6) is 0 Å². The molecule has 5 aliphatic heterocycles. The number of benzene rings is 3. The molecule has 9 heterocycles. The minimum Gasteiger partial charge on any atom is -0.444 e. The van der Waals surface area contributed by atoms with Crippen molar-refractivity contribution in [2.45, 2.75) is 280 Å². The summed E-state index contributed by atoms with van der Waals surface area (Å²) in [6.07, 6.45) is 29.2. The molecule has 36 heteroatoms. The van der Waals surface area contributed by atoms with Gasteiger partial charge in [0.25, 0.3) is 0 Å². The van der Waals surface area contributed by atoms with E-state index >= 15 is 0 Å². The summed E-state index contributed by atoms with van der Waals surface area (Å²) in [4.78, 5) is 92.9. The number of carbonyl (C=O) groups is 5. The van der Waals surface area contributed by atoms with E-state index in [4.69, 9.17) is 88.6 Å². The maximum Gasteiger partial charge on any atom is 0.410 e. The van der Waals surface area contributed by atoms with Crippen LogP contribution in [0.15, 0.2) is 121 Å². The lowest BCUT2D eigenvalue weighted by molar-refractivity contribution is -0.123. The van der Waals surface area contributed by atoms with Gasteiger partial charge < -0.3 is 80.2 Å². The van der Waals surface area contributed by atoms with E-state index < -0.39 is 27.8 Å². The molecule has 7 aromatic rings. The molecule has 15 rings (SSSR count). The molecular weight excluding hydrogens is 1830 g/mol. The number of thiocarbonyl (C=S) groups is 3. The van der Waals surface area contributed by atoms with Crippen LogP contribution in [0.3, 0.4) is 0 Å². The Morgan fingerprint density at radius 2 is 0.843 bits per heavy atom. The minimum absolute atomic E-state index is 0.0334. The molecule has 3 aromatic carbocycles. The van der Waals surface area contributed by atoms with Gasteiger partial charge in [0, 0.05) is 151 Å². The Morgan fingerprint density at radius 3 is 1.17 bits per heavy atom. The van der Waals surface area contributed by atoms with Crippen molar-refractivity contribution in [1.29, 1.82) is 0 Å². The van der Waals surface area contributed by atoms with Crippen LogP contribution < -0.4 is 31.9 Å². The Bertz CT molecular complexity index is 4820. The highest BCUT2D eigenvalue weighted by atomic mass is 35.5. The van der Waals surface area contributed by atoms with Gasteiger partial charge in [-0.15, -0.1) is 34.3 Å². The standard InChI is InChI=1S/C25H34FN3O2S.C20H26FN3S.C14H16ClFO.2C11H21N3O2S.C10H20N2O2.C7H6N4S/c1-24(2,3)31-23(30)28(4)18-12-15-29(16-18)22-27-21(17-32-22)25(13-8-5-9-14-25)19-10-6-7-11-20(19)26;1-22-15-9-12-24(13-15)19-23-18(14-25-19)20(10-5-2-6-11-20)16-7-3-4-8-17(16)21;15-10-13(17)14(8-4-1-5-9-14)11-6-2-3-7-12(11)16;2*1-11(2,3)16-10(15)13(4)8-5-6-14(7-8)9(12)17;1-10(2,3)14-9(13)12(4)8-5-6-11-7-8;12-7(10-3-1-8-5-10)11-4-2-9-6-11/h6-7,10-11,17-18H,5,8-9,12-16H2,1-4H3;3-4,7-8,14-15,22H,2,5-6,9-13H2,1H3;2-3,6-7H,1,4-5,8-10H2;2*8H,5-7H2,1-4H3,(H2,12,17);8,11H,5-7H2,1-4H3;1-6H. The Balaban J connectivity index is 0.000000180. The third kappa shape index (κ3) is 30.6. The first-order valence-corrected chi connectivity index (χ1v) is 50.4. The van der Waals surface area contributed by atoms with Crippen LogP contribution in [-0.4, -0.2) is 263 Å². The smallest absolute Gasteiger partial charge is 0.410 e. The zero-order valence-electron chi connectivity index (χ0n) is 81.5. The van der Waals surface area contributed by atoms with E-state index in [0.717, 1.165) is 201 Å². The van der Waals surface area contributed by atoms with Gasteiger partial charge in [0.15, 0.2) is 31.4 Å². The third-order valence-corrected chi connectivity index (χ3v) is 28.5. The number of anilines is 2. The number of hydrogen-bond acceptors (Lipinski definition) is 22. The lowest BCUT2D eigenvalue weighted by atomic mass is 9.67. The first-order chi connectivity index (χ1) is 63.3. The molecule has 5 unspecified atom stereocenters. The first-order valence-electron chi connectivity index (χ1n) is 46.9. The second-order valence-corrected chi connectivity index (χ2v) is 42.9. The normalized spacial score (nSPS) is 20.1. The van der Waals surface area contributed by atoms with Crippen LogP contribution in [0.25, 0.3) is 0 Å². The van der Waals surface area contributed by atoms with Gasteiger partial charge in [0.05, 0.1) is 40.8 Å². The molecule has 5 saturated heterocycles. The molecule has 8 aliphatic rings. The number of imidazole rings is 2. The number of amides is 4. The maximum atomic E-state index is 14.9. The second-order valence-electron chi connectivity index (χ2n) is 39.8. The third-order valence-electron chi connectivity index (χ3n) is 25.6. The minimum atomic E-state index is -0.675. The van der Waals surface area contributed by atoms with Crippen molar-refractivity contribution in [1.82, 2.24) is 69.1 Å². The number of likely N-dealkylation sites (tertiary alicyclic amines) is 2. The van der Waals surface area contributed by atoms with Crippen LogP contribution in [-0.2, 0) is 40.0 Å². The molecule has 0 bridgehead atoms. The average molecular weight is 1970 g/mol. The van der Waals surface area contributed by atoms with E-state index in [1.54, 1.807) is 152 Å². The molecule has 27 nitrogen and oxygen atoms in total. The number of ether oxygens (including phenoxy) is 4. The summed E-state index contributed by atoms with van der Waals surface area (Å²) in [6.45, 7) is 30.9. The van der Waals surface area contributed by atoms with Gasteiger partial charge in [-0.25, -0.2) is 52.3 Å². The fourth-order valence-corrected chi connectivity index (χ4v) is 20.8. The van der Waals surface area contributed by atoms with Crippen molar-refractivity contribution in [2.75, 3.05) is 116 Å². The number of thiazole rings is 2. The fraction of sp³-hybridized carbons (Fsp3) is 0.612. The van der Waals surface area contributed by atoms with E-state index in [2.05, 4.69) is 41.2 Å². The molecular formula is C98H144ClF3N18O9S5. The second kappa shape index (κ2) is 49.4. The van der Waals surface area contributed by atoms with Crippen LogP contribution in [0.1, 0.15) is 240 Å². The van der Waals surface area contributed by atoms with E-state index in [1.165, 1.54) is 18.9 Å². The van der Waals surface area contributed by atoms with E-state index in [1.807, 2.05) is 131 Å². The van der Waals surface area contributed by atoms with Crippen molar-refractivity contribution in [3.8, 4) is 0 Å². The molecule has 6 N–H and O–H groups in total. The van der Waals surface area contributed by atoms with Crippen LogP contribution in [0.2, 0.25) is 0 Å². The lowest BCUT2D eigenvalue weighted by Gasteiger charge is -2.36. The van der Waals surface area contributed by atoms with Crippen LogP contribution >= 0.6 is 70.9 Å². The largest absolute Gasteiger partial charge is 0.444 e. The fourth-order valence-electron chi connectivity index (χ4n) is 18.1. The molecule has 0 radical (unpaired) electrons. The molecule has 4 amide bonds. The van der Waals surface area contributed by atoms with Gasteiger partial charge >= 0.3 is 24.4 Å². The van der Waals surface area contributed by atoms with Crippen molar-refractivity contribution in [3.63, 3.8) is 0 Å². The van der Waals surface area contributed by atoms with Crippen molar-refractivity contribution >= 4 is 127 Å². The SMILES string of the molecule is CN(C(=O)OC(C)(C)C)C1CCN(C(N)=S)C1.CN(C(=O)OC(C)(C)C)C1CCN(C(N)=S)C1.CN(C(=O)OC(C)(C)C)C1CCN(c2nc(C3(c4ccccc4F)CCCCC3)cs2)C1.CN(C(=O)OC(C)(C)C)C1CCNC1.CNC1CCN(c2nc(C3(c4ccccc4F)CCCCC3)cs2)C1.O=C(CCl)C1(c2ccccc2F)CCCCC1.S=C(n1ccnc1)n1ccnc1. The van der Waals surface area contributed by atoms with Gasteiger partial charge in [0.1, 0.15) is 52.5 Å². The van der Waals surface area contributed by atoms with E-state index in [0.29, 0.717) is 40.0 Å². The number of hydrogen-bond donors (Lipinski definition) is 4. The van der Waals surface area contributed by atoms with Crippen LogP contribution in [0.4, 0.5) is 42.6 Å². The number of carbonyl (C=O) groups excluding carboxylic acids is 5. The summed E-state index contributed by atoms with van der Waals surface area (Å²) in [5.41, 5.74) is 12.2. The molecule has 0 spiro atoms. The number of halogens is 4. The zero-order chi connectivity index (χ0) is 98.1. The van der Waals surface area contributed by atoms with E-state index in [9.17, 15) is 37.1 Å². The predicted octanol–water partition coefficient (Wildman–Crippen LogP) is 18.5. The topological polar surface area (TPSA) is 286 Å². The summed E-state index contributed by atoms with van der Waals surface area (Å²) in [5.74, 6) is -0.578. The maximum absolute atomic E-state index is 14.9. The monoisotopic (exact) mass is 1970 g/mol. The quantitative estimate of drug-likeness (QED) is 0.0447. The summed E-state index contributed by atoms with van der Waals surface area (Å²) < 4.78 is 68.4. The summed E-state index contributed by atoms with van der Waals surface area (Å²) >= 11 is 24.0. The molecule has 5 atom stereocenters. The number of rotatable bonds is 14. The Labute approximate surface area is 821 Å². The highest BCUT2D eigenvalue weighted by Crippen LogP contribution is 2.49. The number of Topliss-reactive ketones (excluding diaryl/α,β-unsaturated/α-hetero) is 1. The van der Waals surface area contributed by atoms with Gasteiger partial charge in [-0.2, -0.15) is 0 Å². The average Bonchev–Trinajstić information content (AvgIpc) is 1.53. The lowest BCUT2D eigenvalue weighted by Crippen LogP contribution is -2.43. The number of likely N-dealkylation sites (N-methyl/N-ethyl adjacent to an activating group) is 5. The molecule has 4 aromatic heterocycles. The Hall–Kier alpha value is -8.84. The highest BCUT2D eigenvalue weighted by molar-refractivity contribution is 7.80. The number of ketones is 1. The Morgan fingerprint density at radius 1 is 0.493 bits per heavy atom. The summed E-state index contributed by atoms with van der Waals surface area (Å²) in [7, 11) is 9.14. The molecule has 8 fully saturated rings. The zero-order valence-corrected chi connectivity index (χ0v) is 86.3. The number of aromatic nitrogens is 6. The summed E-state index contributed by atoms with van der Waals surface area (Å²) in [5, 5.41) is 14.4. The van der Waals surface area contributed by atoms with Crippen molar-refractivity contribution in [3.05, 3.63) is 167 Å². The molecule has 738 valence electrons. The first kappa shape index (κ1) is 109. The number of nitrogens with two attached hydrogens (primary N) is 2. The number of alkyl halides is 1. The van der Waals surface area contributed by atoms with Gasteiger partial charge in [0.2, 0.25) is 0 Å². The van der Waals surface area contributed by atoms with Crippen molar-refractivity contribution in [2.24, 2.45) is 11.5 Å². The van der Waals surface area contributed by atoms with Gasteiger partial charge in [-0.1, -0.05) is 112 Å². The highest BCUT2D eigenvalue weighted by Gasteiger charge is 2.45. The number of nitrogens with one attached hydrogen (secondary N) is 2. The number of nitrogens with zero attached hydrogens (tertiary/aromatic N) is 14. The molecule has 134 heavy (non-hydrogen) atoms. The van der Waals surface area contributed by atoms with Gasteiger partial charge in [-0.05, 0) is 233 Å². The molecule has 3 aliphatic carbocycles. The van der Waals surface area contributed by atoms with Crippen molar-refractivity contribution < 1.29 is 56.1 Å². The van der Waals surface area contributed by atoms with E-state index in [-0.39, 0.29) is 88.5 Å². The van der Waals surface area contributed by atoms with Gasteiger partial charge in [-0.3, -0.25) is 13.9 Å². The Kier molecular flexibility index (Phi) is 40.2. The summed E-state index contributed by atoms with van der Waals surface area (Å²) in [6, 6.07) is 22.2. The molecule has 3 saturated carbocycles.